The van der Waals surface area contributed by atoms with E-state index in [1.165, 1.54) is 0 Å². The van der Waals surface area contributed by atoms with Crippen LogP contribution in [0.3, 0.4) is 0 Å². The van der Waals surface area contributed by atoms with Crippen molar-refractivity contribution in [2.75, 3.05) is 13.1 Å². The van der Waals surface area contributed by atoms with Gasteiger partial charge in [0, 0.05) is 56.5 Å². The Morgan fingerprint density at radius 1 is 1.26 bits per heavy atom. The number of aromatic nitrogens is 5. The summed E-state index contributed by atoms with van der Waals surface area (Å²) in [6, 6.07) is 5.82. The summed E-state index contributed by atoms with van der Waals surface area (Å²) in [5, 5.41) is 4.36. The molecule has 0 aromatic carbocycles. The number of rotatable bonds is 5. The van der Waals surface area contributed by atoms with Crippen LogP contribution in [0.4, 0.5) is 0 Å². The number of aryl methyl sites for hydroxylation is 1. The summed E-state index contributed by atoms with van der Waals surface area (Å²) >= 11 is 0. The van der Waals surface area contributed by atoms with Gasteiger partial charge >= 0.3 is 0 Å². The van der Waals surface area contributed by atoms with Gasteiger partial charge < -0.3 is 9.47 Å². The van der Waals surface area contributed by atoms with Crippen molar-refractivity contribution in [1.29, 1.82) is 0 Å². The second-order valence-corrected chi connectivity index (χ2v) is 6.92. The Labute approximate surface area is 158 Å². The highest BCUT2D eigenvalue weighted by Crippen LogP contribution is 2.27. The third kappa shape index (κ3) is 3.77. The van der Waals surface area contributed by atoms with Gasteiger partial charge in [0.25, 0.3) is 5.91 Å². The quantitative estimate of drug-likeness (QED) is 0.698. The fraction of sp³-hybridized carbons (Fsp3) is 0.400. The predicted molar refractivity (Wildman–Crippen MR) is 101 cm³/mol. The van der Waals surface area contributed by atoms with E-state index in [1.54, 1.807) is 16.9 Å². The Morgan fingerprint density at radius 2 is 2.19 bits per heavy atom. The van der Waals surface area contributed by atoms with Gasteiger partial charge in [0.2, 0.25) is 0 Å². The van der Waals surface area contributed by atoms with Gasteiger partial charge in [-0.25, -0.2) is 4.98 Å². The summed E-state index contributed by atoms with van der Waals surface area (Å²) in [7, 11) is 0. The van der Waals surface area contributed by atoms with Crippen molar-refractivity contribution >= 4 is 5.91 Å². The van der Waals surface area contributed by atoms with Crippen molar-refractivity contribution in [3.05, 3.63) is 66.3 Å². The van der Waals surface area contributed by atoms with E-state index in [2.05, 4.69) is 25.7 Å². The van der Waals surface area contributed by atoms with Crippen LogP contribution in [0.15, 0.2) is 49.2 Å². The lowest BCUT2D eigenvalue weighted by molar-refractivity contribution is 0.0696. The van der Waals surface area contributed by atoms with E-state index in [-0.39, 0.29) is 11.8 Å². The van der Waals surface area contributed by atoms with E-state index in [0.29, 0.717) is 12.2 Å². The van der Waals surface area contributed by atoms with Crippen LogP contribution in [0.5, 0.6) is 0 Å². The smallest absolute Gasteiger partial charge is 0.274 e. The zero-order chi connectivity index (χ0) is 18.6. The van der Waals surface area contributed by atoms with Crippen LogP contribution < -0.4 is 0 Å². The molecule has 0 spiro atoms. The lowest BCUT2D eigenvalue weighted by Gasteiger charge is -2.32. The molecule has 0 saturated carbocycles. The first-order chi connectivity index (χ1) is 13.2. The lowest BCUT2D eigenvalue weighted by Crippen LogP contribution is -2.40. The molecule has 1 aliphatic heterocycles. The number of nitrogens with zero attached hydrogens (tertiary/aromatic N) is 6. The average molecular weight is 364 g/mol. The van der Waals surface area contributed by atoms with Crippen LogP contribution in [0, 0.1) is 0 Å². The number of amides is 1. The third-order valence-corrected chi connectivity index (χ3v) is 5.08. The highest BCUT2D eigenvalue weighted by atomic mass is 16.2. The number of pyridine rings is 1. The van der Waals surface area contributed by atoms with Crippen molar-refractivity contribution in [2.24, 2.45) is 0 Å². The SMILES string of the molecule is CCn1ccc(C(=O)N2CCC[C@H](c3nccn3Cc3cccnc3)C2)n1. The van der Waals surface area contributed by atoms with Crippen LogP contribution in [0.2, 0.25) is 0 Å². The Kier molecular flexibility index (Phi) is 5.00. The molecule has 3 aromatic heterocycles. The number of imidazole rings is 1. The van der Waals surface area contributed by atoms with Gasteiger partial charge in [0.1, 0.15) is 11.5 Å². The largest absolute Gasteiger partial charge is 0.337 e. The Bertz CT molecular complexity index is 900. The Morgan fingerprint density at radius 3 is 2.96 bits per heavy atom. The molecule has 1 fully saturated rings. The van der Waals surface area contributed by atoms with E-state index in [0.717, 1.165) is 43.9 Å². The molecule has 0 unspecified atom stereocenters. The lowest BCUT2D eigenvalue weighted by atomic mass is 9.96. The summed E-state index contributed by atoms with van der Waals surface area (Å²) < 4.78 is 3.96. The number of hydrogen-bond donors (Lipinski definition) is 0. The molecular weight excluding hydrogens is 340 g/mol. The fourth-order valence-electron chi connectivity index (χ4n) is 3.69. The van der Waals surface area contributed by atoms with Gasteiger partial charge in [0.15, 0.2) is 0 Å². The fourth-order valence-corrected chi connectivity index (χ4v) is 3.69. The van der Waals surface area contributed by atoms with Crippen molar-refractivity contribution in [3.63, 3.8) is 0 Å². The first-order valence-electron chi connectivity index (χ1n) is 9.47. The number of carbonyl (C=O) groups is 1. The molecule has 0 radical (unpaired) electrons. The zero-order valence-electron chi connectivity index (χ0n) is 15.5. The van der Waals surface area contributed by atoms with Gasteiger partial charge in [-0.05, 0) is 37.5 Å². The highest BCUT2D eigenvalue weighted by Gasteiger charge is 2.28. The molecule has 1 atom stereocenters. The normalized spacial score (nSPS) is 17.2. The molecule has 4 heterocycles. The van der Waals surface area contributed by atoms with Crippen molar-refractivity contribution < 1.29 is 4.79 Å². The molecular formula is C20H24N6O. The minimum Gasteiger partial charge on any atom is -0.337 e. The molecule has 4 rings (SSSR count). The zero-order valence-corrected chi connectivity index (χ0v) is 15.5. The van der Waals surface area contributed by atoms with Crippen molar-refractivity contribution in [2.45, 2.75) is 38.8 Å². The Balaban J connectivity index is 1.49. The van der Waals surface area contributed by atoms with Crippen LogP contribution in [0.1, 0.15) is 47.6 Å². The third-order valence-electron chi connectivity index (χ3n) is 5.08. The minimum atomic E-state index is 0.0114. The van der Waals surface area contributed by atoms with E-state index in [1.807, 2.05) is 42.7 Å². The summed E-state index contributed by atoms with van der Waals surface area (Å²) in [6.45, 7) is 4.98. The second kappa shape index (κ2) is 7.73. The summed E-state index contributed by atoms with van der Waals surface area (Å²) in [5.74, 6) is 1.29. The molecule has 1 saturated heterocycles. The predicted octanol–water partition coefficient (Wildman–Crippen LogP) is 2.56. The van der Waals surface area contributed by atoms with E-state index in [9.17, 15) is 4.79 Å². The van der Waals surface area contributed by atoms with Gasteiger partial charge in [-0.1, -0.05) is 6.07 Å². The number of hydrogen-bond acceptors (Lipinski definition) is 4. The summed E-state index contributed by atoms with van der Waals surface area (Å²) in [6.07, 6.45) is 11.4. The first kappa shape index (κ1) is 17.5. The van der Waals surface area contributed by atoms with Crippen molar-refractivity contribution in [3.8, 4) is 0 Å². The monoisotopic (exact) mass is 364 g/mol. The highest BCUT2D eigenvalue weighted by molar-refractivity contribution is 5.92. The number of likely N-dealkylation sites (tertiary alicyclic amines) is 1. The molecule has 0 aliphatic carbocycles. The minimum absolute atomic E-state index is 0.0114. The number of carbonyl (C=O) groups excluding carboxylic acids is 1. The maximum Gasteiger partial charge on any atom is 0.274 e. The Hall–Kier alpha value is -2.96. The molecule has 1 aliphatic rings. The molecule has 1 amide bonds. The molecule has 7 nitrogen and oxygen atoms in total. The van der Waals surface area contributed by atoms with Gasteiger partial charge in [0.05, 0.1) is 6.54 Å². The van der Waals surface area contributed by atoms with Crippen LogP contribution >= 0.6 is 0 Å². The molecule has 3 aromatic rings. The van der Waals surface area contributed by atoms with E-state index >= 15 is 0 Å². The van der Waals surface area contributed by atoms with Gasteiger partial charge in [-0.15, -0.1) is 0 Å². The maximum absolute atomic E-state index is 12.8. The van der Waals surface area contributed by atoms with Crippen LogP contribution in [0.25, 0.3) is 0 Å². The van der Waals surface area contributed by atoms with E-state index < -0.39 is 0 Å². The average Bonchev–Trinajstić information content (AvgIpc) is 3.38. The van der Waals surface area contributed by atoms with Crippen LogP contribution in [-0.2, 0) is 13.1 Å². The first-order valence-corrected chi connectivity index (χ1v) is 9.47. The molecule has 140 valence electrons. The maximum atomic E-state index is 12.8. The molecule has 0 N–H and O–H groups in total. The topological polar surface area (TPSA) is 68.8 Å². The molecule has 27 heavy (non-hydrogen) atoms. The number of piperidine rings is 1. The van der Waals surface area contributed by atoms with Crippen LogP contribution in [-0.4, -0.2) is 48.2 Å². The standard InChI is InChI=1S/C20H24N6O/c1-2-26-11-7-18(23-26)20(27)25-10-4-6-17(15-25)19-22-9-12-24(19)14-16-5-3-8-21-13-16/h3,5,7-9,11-13,17H,2,4,6,10,14-15H2,1H3/t17-/m0/s1. The van der Waals surface area contributed by atoms with E-state index in [4.69, 9.17) is 0 Å². The van der Waals surface area contributed by atoms with Gasteiger partial charge in [-0.2, -0.15) is 5.10 Å². The summed E-state index contributed by atoms with van der Waals surface area (Å²) in [4.78, 5) is 23.5. The molecule has 7 heteroatoms. The van der Waals surface area contributed by atoms with Crippen molar-refractivity contribution in [1.82, 2.24) is 29.2 Å². The molecule has 0 bridgehead atoms. The summed E-state index contributed by atoms with van der Waals surface area (Å²) in [5.41, 5.74) is 1.67. The van der Waals surface area contributed by atoms with Gasteiger partial charge in [-0.3, -0.25) is 14.5 Å². The second-order valence-electron chi connectivity index (χ2n) is 6.92.